The highest BCUT2D eigenvalue weighted by molar-refractivity contribution is 5.77. The third-order valence-corrected chi connectivity index (χ3v) is 5.04. The van der Waals surface area contributed by atoms with E-state index < -0.39 is 5.76 Å². The molecular weight excluding hydrogens is 372 g/mol. The molecule has 152 valence electrons. The number of nitrogens with one attached hydrogen (secondary N) is 1. The zero-order valence-corrected chi connectivity index (χ0v) is 16.5. The maximum absolute atomic E-state index is 12.6. The number of hydrogen-bond acceptors (Lipinski definition) is 5. The molecule has 7 nitrogen and oxygen atoms in total. The summed E-state index contributed by atoms with van der Waals surface area (Å²) in [6, 6.07) is 12.8. The van der Waals surface area contributed by atoms with Gasteiger partial charge in [-0.25, -0.2) is 4.79 Å². The zero-order chi connectivity index (χ0) is 20.4. The number of hydrogen-bond donors (Lipinski definition) is 1. The van der Waals surface area contributed by atoms with Gasteiger partial charge in [0, 0.05) is 13.0 Å². The van der Waals surface area contributed by atoms with Crippen LogP contribution in [0.4, 0.5) is 0 Å². The molecule has 0 spiro atoms. The van der Waals surface area contributed by atoms with Crippen molar-refractivity contribution in [3.05, 3.63) is 58.6 Å². The molecule has 0 aliphatic carbocycles. The molecule has 1 amide bonds. The van der Waals surface area contributed by atoms with Crippen LogP contribution in [0.3, 0.4) is 0 Å². The van der Waals surface area contributed by atoms with Gasteiger partial charge in [0.2, 0.25) is 5.91 Å². The van der Waals surface area contributed by atoms with Crippen LogP contribution in [0.25, 0.3) is 11.1 Å². The lowest BCUT2D eigenvalue weighted by Gasteiger charge is -2.25. The van der Waals surface area contributed by atoms with Crippen molar-refractivity contribution in [2.75, 3.05) is 13.2 Å². The second-order valence-electron chi connectivity index (χ2n) is 7.43. The van der Waals surface area contributed by atoms with E-state index in [0.29, 0.717) is 30.1 Å². The van der Waals surface area contributed by atoms with Gasteiger partial charge in [0.1, 0.15) is 13.2 Å². The van der Waals surface area contributed by atoms with Crippen LogP contribution in [0.5, 0.6) is 11.5 Å². The Kier molecular flexibility index (Phi) is 5.29. The molecule has 0 unspecified atom stereocenters. The second kappa shape index (κ2) is 8.03. The summed E-state index contributed by atoms with van der Waals surface area (Å²) >= 11 is 0. The summed E-state index contributed by atoms with van der Waals surface area (Å²) in [6.07, 6.45) is 0.178. The number of benzene rings is 2. The molecule has 0 saturated heterocycles. The van der Waals surface area contributed by atoms with Crippen LogP contribution in [0, 0.1) is 5.92 Å². The molecule has 0 saturated carbocycles. The van der Waals surface area contributed by atoms with E-state index in [4.69, 9.17) is 13.9 Å². The highest BCUT2D eigenvalue weighted by Gasteiger charge is 2.21. The van der Waals surface area contributed by atoms with Crippen LogP contribution >= 0.6 is 0 Å². The molecule has 1 aliphatic heterocycles. The number of aryl methyl sites for hydroxylation is 1. The molecule has 7 heteroatoms. The summed E-state index contributed by atoms with van der Waals surface area (Å²) in [5.74, 6) is 1.02. The van der Waals surface area contributed by atoms with E-state index in [-0.39, 0.29) is 30.8 Å². The van der Waals surface area contributed by atoms with E-state index in [1.165, 1.54) is 4.57 Å². The normalized spacial score (nSPS) is 14.2. The maximum Gasteiger partial charge on any atom is 0.419 e. The SMILES string of the molecule is CC(C)[C@@H](NC(=O)CCn1c(=O)oc2ccccc21)c1ccc2c(c1)OCCO2. The third-order valence-electron chi connectivity index (χ3n) is 5.04. The fourth-order valence-electron chi connectivity index (χ4n) is 3.57. The van der Waals surface area contributed by atoms with Crippen LogP contribution in [-0.4, -0.2) is 23.7 Å². The van der Waals surface area contributed by atoms with Gasteiger partial charge in [-0.1, -0.05) is 32.0 Å². The summed E-state index contributed by atoms with van der Waals surface area (Å²) < 4.78 is 17.9. The van der Waals surface area contributed by atoms with Crippen LogP contribution in [0.2, 0.25) is 0 Å². The highest BCUT2D eigenvalue weighted by atomic mass is 16.6. The fraction of sp³-hybridized carbons (Fsp3) is 0.364. The average molecular weight is 396 g/mol. The Morgan fingerprint density at radius 2 is 1.86 bits per heavy atom. The predicted octanol–water partition coefficient (Wildman–Crippen LogP) is 3.27. The summed E-state index contributed by atoms with van der Waals surface area (Å²) in [4.78, 5) is 24.7. The molecule has 0 bridgehead atoms. The Morgan fingerprint density at radius 3 is 2.66 bits per heavy atom. The van der Waals surface area contributed by atoms with Crippen molar-refractivity contribution >= 4 is 17.0 Å². The lowest BCUT2D eigenvalue weighted by molar-refractivity contribution is -0.122. The molecule has 2 heterocycles. The topological polar surface area (TPSA) is 82.7 Å². The van der Waals surface area contributed by atoms with E-state index in [1.807, 2.05) is 36.4 Å². The van der Waals surface area contributed by atoms with Gasteiger partial charge in [-0.3, -0.25) is 9.36 Å². The Labute approximate surface area is 168 Å². The standard InChI is InChI=1S/C22H24N2O5/c1-14(2)21(15-7-8-18-19(13-15)28-12-11-27-18)23-20(25)9-10-24-16-5-3-4-6-17(16)29-22(24)26/h3-8,13-14,21H,9-12H2,1-2H3,(H,23,25)/t21-/m1/s1. The van der Waals surface area contributed by atoms with Crippen molar-refractivity contribution < 1.29 is 18.7 Å². The van der Waals surface area contributed by atoms with E-state index >= 15 is 0 Å². The molecular formula is C22H24N2O5. The number of ether oxygens (including phenoxy) is 2. The number of carbonyl (C=O) groups is 1. The Balaban J connectivity index is 1.47. The van der Waals surface area contributed by atoms with E-state index in [0.717, 1.165) is 11.3 Å². The van der Waals surface area contributed by atoms with Crippen molar-refractivity contribution in [3.8, 4) is 11.5 Å². The maximum atomic E-state index is 12.6. The molecule has 1 atom stereocenters. The molecule has 0 fully saturated rings. The van der Waals surface area contributed by atoms with Gasteiger partial charge < -0.3 is 19.2 Å². The smallest absolute Gasteiger partial charge is 0.419 e. The van der Waals surface area contributed by atoms with Gasteiger partial charge in [0.25, 0.3) is 0 Å². The third kappa shape index (κ3) is 3.99. The van der Waals surface area contributed by atoms with Gasteiger partial charge in [0.15, 0.2) is 17.1 Å². The van der Waals surface area contributed by atoms with Gasteiger partial charge in [0.05, 0.1) is 11.6 Å². The van der Waals surface area contributed by atoms with Gasteiger partial charge in [-0.05, 0) is 35.7 Å². The number of para-hydroxylation sites is 2. The van der Waals surface area contributed by atoms with Gasteiger partial charge in [-0.15, -0.1) is 0 Å². The molecule has 1 aliphatic rings. The van der Waals surface area contributed by atoms with Crippen LogP contribution in [0.1, 0.15) is 31.9 Å². The minimum absolute atomic E-state index is 0.129. The van der Waals surface area contributed by atoms with Crippen molar-refractivity contribution in [3.63, 3.8) is 0 Å². The van der Waals surface area contributed by atoms with Crippen LogP contribution in [-0.2, 0) is 11.3 Å². The summed E-state index contributed by atoms with van der Waals surface area (Å²) in [6.45, 7) is 5.42. The number of nitrogens with zero attached hydrogens (tertiary/aromatic N) is 1. The molecule has 29 heavy (non-hydrogen) atoms. The number of rotatable bonds is 6. The quantitative estimate of drug-likeness (QED) is 0.691. The van der Waals surface area contributed by atoms with Crippen molar-refractivity contribution in [2.45, 2.75) is 32.9 Å². The first-order valence-electron chi connectivity index (χ1n) is 9.80. The Hall–Kier alpha value is -3.22. The van der Waals surface area contributed by atoms with E-state index in [1.54, 1.807) is 6.07 Å². The van der Waals surface area contributed by atoms with Crippen molar-refractivity contribution in [1.82, 2.24) is 9.88 Å². The zero-order valence-electron chi connectivity index (χ0n) is 16.5. The monoisotopic (exact) mass is 396 g/mol. The second-order valence-corrected chi connectivity index (χ2v) is 7.43. The summed E-state index contributed by atoms with van der Waals surface area (Å²) in [5.41, 5.74) is 2.18. The summed E-state index contributed by atoms with van der Waals surface area (Å²) in [7, 11) is 0. The first-order chi connectivity index (χ1) is 14.0. The number of carbonyl (C=O) groups excluding carboxylic acids is 1. The summed E-state index contributed by atoms with van der Waals surface area (Å²) in [5, 5.41) is 3.09. The van der Waals surface area contributed by atoms with Gasteiger partial charge in [-0.2, -0.15) is 0 Å². The lowest BCUT2D eigenvalue weighted by Crippen LogP contribution is -2.33. The molecule has 4 rings (SSSR count). The molecule has 1 aromatic heterocycles. The molecule has 0 radical (unpaired) electrons. The molecule has 1 N–H and O–H groups in total. The fourth-order valence-corrected chi connectivity index (χ4v) is 3.57. The first kappa shape index (κ1) is 19.1. The largest absolute Gasteiger partial charge is 0.486 e. The Morgan fingerprint density at radius 1 is 1.10 bits per heavy atom. The Bertz CT molecular complexity index is 1080. The number of fused-ring (bicyclic) bond motifs is 2. The number of amides is 1. The van der Waals surface area contributed by atoms with Crippen molar-refractivity contribution in [1.29, 1.82) is 0 Å². The van der Waals surface area contributed by atoms with Crippen LogP contribution in [0.15, 0.2) is 51.7 Å². The minimum Gasteiger partial charge on any atom is -0.486 e. The molecule has 3 aromatic rings. The van der Waals surface area contributed by atoms with Crippen molar-refractivity contribution in [2.24, 2.45) is 5.92 Å². The average Bonchev–Trinajstić information content (AvgIpc) is 3.05. The lowest BCUT2D eigenvalue weighted by atomic mass is 9.95. The molecule has 2 aromatic carbocycles. The van der Waals surface area contributed by atoms with E-state index in [9.17, 15) is 9.59 Å². The highest BCUT2D eigenvalue weighted by Crippen LogP contribution is 2.34. The number of aromatic nitrogens is 1. The minimum atomic E-state index is -0.453. The number of oxazole rings is 1. The van der Waals surface area contributed by atoms with Gasteiger partial charge >= 0.3 is 5.76 Å². The van der Waals surface area contributed by atoms with Crippen LogP contribution < -0.4 is 20.5 Å². The predicted molar refractivity (Wildman–Crippen MR) is 108 cm³/mol. The van der Waals surface area contributed by atoms with E-state index in [2.05, 4.69) is 19.2 Å². The first-order valence-corrected chi connectivity index (χ1v) is 9.80.